The van der Waals surface area contributed by atoms with Gasteiger partial charge in [0, 0.05) is 23.5 Å². The molecule has 0 spiro atoms. The average Bonchev–Trinajstić information content (AvgIpc) is 2.93. The number of halogens is 1. The molecule has 0 aliphatic heterocycles. The van der Waals surface area contributed by atoms with E-state index in [1.54, 1.807) is 0 Å². The Morgan fingerprint density at radius 3 is 2.57 bits per heavy atom. The zero-order valence-corrected chi connectivity index (χ0v) is 15.6. The molecule has 1 heterocycles. The maximum atomic E-state index is 12.6. The maximum Gasteiger partial charge on any atom is 0.228 e. The molecular weight excluding hydrogens is 328 g/mol. The highest BCUT2D eigenvalue weighted by Crippen LogP contribution is 2.30. The van der Waals surface area contributed by atoms with Crippen LogP contribution < -0.4 is 0 Å². The lowest BCUT2D eigenvalue weighted by Crippen LogP contribution is -2.40. The summed E-state index contributed by atoms with van der Waals surface area (Å²) >= 11 is 7.74. The molecule has 124 valence electrons. The van der Waals surface area contributed by atoms with Gasteiger partial charge in [-0.3, -0.25) is 4.79 Å². The van der Waals surface area contributed by atoms with E-state index >= 15 is 0 Å². The largest absolute Gasteiger partial charge is 0.340 e. The lowest BCUT2D eigenvalue weighted by molar-refractivity contribution is -0.132. The van der Waals surface area contributed by atoms with Gasteiger partial charge in [0.15, 0.2) is 0 Å². The van der Waals surface area contributed by atoms with Crippen LogP contribution in [0.25, 0.3) is 10.6 Å². The van der Waals surface area contributed by atoms with Gasteiger partial charge in [-0.05, 0) is 25.8 Å². The Labute approximate surface area is 147 Å². The second kappa shape index (κ2) is 7.93. The fourth-order valence-corrected chi connectivity index (χ4v) is 3.54. The van der Waals surface area contributed by atoms with Crippen molar-refractivity contribution in [3.8, 4) is 10.6 Å². The number of amides is 1. The van der Waals surface area contributed by atoms with Crippen LogP contribution >= 0.6 is 22.9 Å². The molecule has 1 amide bonds. The van der Waals surface area contributed by atoms with Crippen molar-refractivity contribution in [1.29, 1.82) is 0 Å². The third kappa shape index (κ3) is 4.79. The van der Waals surface area contributed by atoms with Gasteiger partial charge in [-0.2, -0.15) is 0 Å². The van der Waals surface area contributed by atoms with E-state index < -0.39 is 0 Å². The molecule has 0 saturated carbocycles. The molecule has 23 heavy (non-hydrogen) atoms. The molecule has 5 heteroatoms. The molecule has 3 nitrogen and oxygen atoms in total. The number of aromatic nitrogens is 1. The number of rotatable bonds is 6. The summed E-state index contributed by atoms with van der Waals surface area (Å²) < 4.78 is 0. The predicted octanol–water partition coefficient (Wildman–Crippen LogP) is 4.90. The fraction of sp³-hybridized carbons (Fsp3) is 0.444. The highest BCUT2D eigenvalue weighted by Gasteiger charge is 2.19. The predicted molar refractivity (Wildman–Crippen MR) is 98.0 cm³/mol. The first kappa shape index (κ1) is 18.0. The van der Waals surface area contributed by atoms with Crippen LogP contribution in [-0.2, 0) is 11.2 Å². The van der Waals surface area contributed by atoms with E-state index in [1.807, 2.05) is 34.5 Å². The van der Waals surface area contributed by atoms with Crippen LogP contribution in [0.4, 0.5) is 0 Å². The zero-order valence-electron chi connectivity index (χ0n) is 14.0. The van der Waals surface area contributed by atoms with Crippen LogP contribution in [0.1, 0.15) is 33.4 Å². The molecule has 0 N–H and O–H groups in total. The summed E-state index contributed by atoms with van der Waals surface area (Å²) in [5.41, 5.74) is 1.73. The number of carbonyl (C=O) groups excluding carboxylic acids is 1. The normalized spacial score (nSPS) is 11.3. The smallest absolute Gasteiger partial charge is 0.228 e. The minimum atomic E-state index is 0.129. The fourth-order valence-electron chi connectivity index (χ4n) is 2.40. The van der Waals surface area contributed by atoms with Gasteiger partial charge in [0.1, 0.15) is 5.01 Å². The number of nitrogens with zero attached hydrogens (tertiary/aromatic N) is 2. The number of hydrogen-bond acceptors (Lipinski definition) is 3. The molecule has 0 atom stereocenters. The third-order valence-electron chi connectivity index (χ3n) is 3.49. The summed E-state index contributed by atoms with van der Waals surface area (Å²) in [4.78, 5) is 19.1. The molecule has 0 bridgehead atoms. The SMILES string of the molecule is CC(C)CN(C(=O)Cc1csc(-c2ccccc2Cl)n1)C(C)C. The first-order valence-electron chi connectivity index (χ1n) is 7.87. The zero-order chi connectivity index (χ0) is 17.0. The highest BCUT2D eigenvalue weighted by atomic mass is 35.5. The molecule has 1 aromatic heterocycles. The molecule has 1 aromatic carbocycles. The topological polar surface area (TPSA) is 33.2 Å². The monoisotopic (exact) mass is 350 g/mol. The van der Waals surface area contributed by atoms with Crippen LogP contribution in [0.3, 0.4) is 0 Å². The van der Waals surface area contributed by atoms with Crippen molar-refractivity contribution in [2.45, 2.75) is 40.2 Å². The molecule has 2 rings (SSSR count). The van der Waals surface area contributed by atoms with Gasteiger partial charge in [-0.25, -0.2) is 4.98 Å². The highest BCUT2D eigenvalue weighted by molar-refractivity contribution is 7.13. The Morgan fingerprint density at radius 1 is 1.26 bits per heavy atom. The van der Waals surface area contributed by atoms with Crippen LogP contribution in [0.5, 0.6) is 0 Å². The molecular formula is C18H23ClN2OS. The molecule has 0 aliphatic carbocycles. The van der Waals surface area contributed by atoms with E-state index in [0.717, 1.165) is 22.8 Å². The Bertz CT molecular complexity index is 667. The molecule has 0 radical (unpaired) electrons. The Hall–Kier alpha value is -1.39. The van der Waals surface area contributed by atoms with Crippen molar-refractivity contribution < 1.29 is 4.79 Å². The Kier molecular flexibility index (Phi) is 6.19. The molecule has 0 fully saturated rings. The number of carbonyl (C=O) groups is 1. The molecule has 2 aromatic rings. The van der Waals surface area contributed by atoms with Crippen molar-refractivity contribution in [3.05, 3.63) is 40.4 Å². The van der Waals surface area contributed by atoms with Crippen LogP contribution in [0.2, 0.25) is 5.02 Å². The van der Waals surface area contributed by atoms with Crippen LogP contribution in [0.15, 0.2) is 29.6 Å². The van der Waals surface area contributed by atoms with Gasteiger partial charge in [-0.1, -0.05) is 43.6 Å². The van der Waals surface area contributed by atoms with Gasteiger partial charge >= 0.3 is 0 Å². The van der Waals surface area contributed by atoms with Gasteiger partial charge in [-0.15, -0.1) is 11.3 Å². The Morgan fingerprint density at radius 2 is 1.96 bits per heavy atom. The van der Waals surface area contributed by atoms with Crippen LogP contribution in [0, 0.1) is 5.92 Å². The lowest BCUT2D eigenvalue weighted by atomic mass is 10.1. The second-order valence-electron chi connectivity index (χ2n) is 6.33. The third-order valence-corrected chi connectivity index (χ3v) is 4.75. The van der Waals surface area contributed by atoms with Crippen molar-refractivity contribution in [2.24, 2.45) is 5.92 Å². The molecule has 0 aliphatic rings. The minimum Gasteiger partial charge on any atom is -0.340 e. The minimum absolute atomic E-state index is 0.129. The summed E-state index contributed by atoms with van der Waals surface area (Å²) in [5.74, 6) is 0.583. The first-order valence-corrected chi connectivity index (χ1v) is 9.13. The average molecular weight is 351 g/mol. The lowest BCUT2D eigenvalue weighted by Gasteiger charge is -2.28. The maximum absolute atomic E-state index is 12.6. The summed E-state index contributed by atoms with van der Waals surface area (Å²) in [5, 5.41) is 3.49. The van der Waals surface area contributed by atoms with Crippen molar-refractivity contribution in [3.63, 3.8) is 0 Å². The number of thiazole rings is 1. The van der Waals surface area contributed by atoms with E-state index in [2.05, 4.69) is 32.7 Å². The van der Waals surface area contributed by atoms with Crippen molar-refractivity contribution in [2.75, 3.05) is 6.54 Å². The molecule has 0 saturated heterocycles. The van der Waals surface area contributed by atoms with Crippen molar-refractivity contribution >= 4 is 28.8 Å². The van der Waals surface area contributed by atoms with Crippen LogP contribution in [-0.4, -0.2) is 28.4 Å². The van der Waals surface area contributed by atoms with Crippen molar-refractivity contribution in [1.82, 2.24) is 9.88 Å². The quantitative estimate of drug-likeness (QED) is 0.742. The first-order chi connectivity index (χ1) is 10.9. The van der Waals surface area contributed by atoms with Gasteiger partial charge < -0.3 is 4.90 Å². The standard InChI is InChI=1S/C18H23ClN2OS/c1-12(2)10-21(13(3)4)17(22)9-14-11-23-18(20-14)15-7-5-6-8-16(15)19/h5-8,11-13H,9-10H2,1-4H3. The van der Waals surface area contributed by atoms with E-state index in [-0.39, 0.29) is 11.9 Å². The summed E-state index contributed by atoms with van der Waals surface area (Å²) in [7, 11) is 0. The van der Waals surface area contributed by atoms with Gasteiger partial charge in [0.2, 0.25) is 5.91 Å². The summed E-state index contributed by atoms with van der Waals surface area (Å²) in [6.07, 6.45) is 0.339. The Balaban J connectivity index is 2.12. The van der Waals surface area contributed by atoms with E-state index in [0.29, 0.717) is 17.4 Å². The second-order valence-corrected chi connectivity index (χ2v) is 7.60. The molecule has 0 unspecified atom stereocenters. The number of hydrogen-bond donors (Lipinski definition) is 0. The van der Waals surface area contributed by atoms with E-state index in [9.17, 15) is 4.79 Å². The summed E-state index contributed by atoms with van der Waals surface area (Å²) in [6, 6.07) is 7.84. The van der Waals surface area contributed by atoms with E-state index in [4.69, 9.17) is 11.6 Å². The summed E-state index contributed by atoms with van der Waals surface area (Å²) in [6.45, 7) is 9.13. The number of benzene rings is 1. The van der Waals surface area contributed by atoms with Gasteiger partial charge in [0.25, 0.3) is 0 Å². The van der Waals surface area contributed by atoms with Gasteiger partial charge in [0.05, 0.1) is 17.1 Å². The van der Waals surface area contributed by atoms with E-state index in [1.165, 1.54) is 11.3 Å².